The zero-order chi connectivity index (χ0) is 9.53. The first-order valence-electron chi connectivity index (χ1n) is 6.15. The van der Waals surface area contributed by atoms with Gasteiger partial charge in [-0.25, -0.2) is 0 Å². The van der Waals surface area contributed by atoms with E-state index in [1.165, 1.54) is 44.9 Å². The van der Waals surface area contributed by atoms with Gasteiger partial charge in [-0.05, 0) is 42.4 Å². The molecular formula is C13H24. The van der Waals surface area contributed by atoms with Gasteiger partial charge in [-0.2, -0.15) is 0 Å². The molecule has 2 aliphatic carbocycles. The molecule has 76 valence electrons. The lowest BCUT2D eigenvalue weighted by atomic mass is 9.62. The maximum Gasteiger partial charge on any atom is -0.0241 e. The second-order valence-corrected chi connectivity index (χ2v) is 5.72. The smallest absolute Gasteiger partial charge is 0.0241 e. The molecule has 0 heterocycles. The molecular weight excluding hydrogens is 156 g/mol. The Kier molecular flexibility index (Phi) is 2.20. The van der Waals surface area contributed by atoms with E-state index in [0.29, 0.717) is 0 Å². The van der Waals surface area contributed by atoms with Crippen LogP contribution in [0.2, 0.25) is 0 Å². The lowest BCUT2D eigenvalue weighted by molar-refractivity contribution is 0.0730. The summed E-state index contributed by atoms with van der Waals surface area (Å²) in [6.07, 6.45) is 10.4. The maximum absolute atomic E-state index is 2.55. The molecule has 0 amide bonds. The third-order valence-corrected chi connectivity index (χ3v) is 5.36. The largest absolute Gasteiger partial charge is 0.0648 e. The predicted molar refractivity (Wildman–Crippen MR) is 57.7 cm³/mol. The van der Waals surface area contributed by atoms with E-state index in [-0.39, 0.29) is 0 Å². The van der Waals surface area contributed by atoms with Crippen LogP contribution in [0.25, 0.3) is 0 Å². The summed E-state index contributed by atoms with van der Waals surface area (Å²) in [5.74, 6) is 1.01. The molecule has 0 aromatic heterocycles. The minimum atomic E-state index is 0.724. The SMILES string of the molecule is CCC1(C2(C)CC2C)CCCCC1. The van der Waals surface area contributed by atoms with Crippen LogP contribution in [0, 0.1) is 16.7 Å². The Bertz CT molecular complexity index is 188. The topological polar surface area (TPSA) is 0 Å². The van der Waals surface area contributed by atoms with E-state index in [9.17, 15) is 0 Å². The molecule has 2 atom stereocenters. The lowest BCUT2D eigenvalue weighted by Crippen LogP contribution is -2.33. The van der Waals surface area contributed by atoms with Gasteiger partial charge in [0.2, 0.25) is 0 Å². The van der Waals surface area contributed by atoms with Crippen LogP contribution in [0.3, 0.4) is 0 Å². The molecule has 2 rings (SSSR count). The Balaban J connectivity index is 2.14. The summed E-state index contributed by atoms with van der Waals surface area (Å²) < 4.78 is 0. The average Bonchev–Trinajstić information content (AvgIpc) is 2.78. The van der Waals surface area contributed by atoms with E-state index < -0.39 is 0 Å². The van der Waals surface area contributed by atoms with Gasteiger partial charge in [0.15, 0.2) is 0 Å². The molecule has 0 radical (unpaired) electrons. The number of rotatable bonds is 2. The van der Waals surface area contributed by atoms with Gasteiger partial charge in [-0.3, -0.25) is 0 Å². The van der Waals surface area contributed by atoms with Crippen molar-refractivity contribution in [2.75, 3.05) is 0 Å². The Hall–Kier alpha value is 0. The van der Waals surface area contributed by atoms with Crippen LogP contribution in [-0.2, 0) is 0 Å². The molecule has 0 heteroatoms. The van der Waals surface area contributed by atoms with Gasteiger partial charge < -0.3 is 0 Å². The highest BCUT2D eigenvalue weighted by Crippen LogP contribution is 2.68. The molecule has 2 fully saturated rings. The van der Waals surface area contributed by atoms with E-state index in [1.807, 2.05) is 0 Å². The van der Waals surface area contributed by atoms with Crippen molar-refractivity contribution >= 4 is 0 Å². The van der Waals surface area contributed by atoms with Gasteiger partial charge >= 0.3 is 0 Å². The zero-order valence-electron chi connectivity index (χ0n) is 9.53. The Morgan fingerprint density at radius 1 is 1.15 bits per heavy atom. The zero-order valence-corrected chi connectivity index (χ0v) is 9.53. The van der Waals surface area contributed by atoms with Crippen LogP contribution in [0.1, 0.15) is 65.7 Å². The van der Waals surface area contributed by atoms with Crippen molar-refractivity contribution in [3.63, 3.8) is 0 Å². The highest BCUT2D eigenvalue weighted by molar-refractivity contribution is 5.08. The highest BCUT2D eigenvalue weighted by atomic mass is 14.6. The molecule has 0 saturated heterocycles. The quantitative estimate of drug-likeness (QED) is 0.591. The van der Waals surface area contributed by atoms with Gasteiger partial charge in [0.25, 0.3) is 0 Å². The van der Waals surface area contributed by atoms with E-state index in [1.54, 1.807) is 0 Å². The first kappa shape index (κ1) is 9.55. The first-order valence-corrected chi connectivity index (χ1v) is 6.15. The van der Waals surface area contributed by atoms with Crippen molar-refractivity contribution in [1.29, 1.82) is 0 Å². The second kappa shape index (κ2) is 3.00. The van der Waals surface area contributed by atoms with Crippen LogP contribution < -0.4 is 0 Å². The van der Waals surface area contributed by atoms with Crippen molar-refractivity contribution in [2.24, 2.45) is 16.7 Å². The fraction of sp³-hybridized carbons (Fsp3) is 1.00. The minimum Gasteiger partial charge on any atom is -0.0648 e. The van der Waals surface area contributed by atoms with Crippen molar-refractivity contribution in [3.05, 3.63) is 0 Å². The Labute approximate surface area is 83.1 Å². The molecule has 2 unspecified atom stereocenters. The van der Waals surface area contributed by atoms with E-state index in [4.69, 9.17) is 0 Å². The maximum atomic E-state index is 2.55. The minimum absolute atomic E-state index is 0.724. The molecule has 0 nitrogen and oxygen atoms in total. The van der Waals surface area contributed by atoms with Crippen molar-refractivity contribution < 1.29 is 0 Å². The monoisotopic (exact) mass is 180 g/mol. The summed E-state index contributed by atoms with van der Waals surface area (Å²) in [6.45, 7) is 7.42. The molecule has 0 aromatic rings. The van der Waals surface area contributed by atoms with Crippen LogP contribution >= 0.6 is 0 Å². The Morgan fingerprint density at radius 2 is 1.69 bits per heavy atom. The fourth-order valence-electron chi connectivity index (χ4n) is 3.87. The summed E-state index contributed by atoms with van der Waals surface area (Å²) in [6, 6.07) is 0. The van der Waals surface area contributed by atoms with Gasteiger partial charge in [-0.15, -0.1) is 0 Å². The van der Waals surface area contributed by atoms with Gasteiger partial charge in [0.05, 0.1) is 0 Å². The van der Waals surface area contributed by atoms with Crippen LogP contribution in [0.5, 0.6) is 0 Å². The molecule has 0 bridgehead atoms. The third kappa shape index (κ3) is 1.25. The fourth-order valence-corrected chi connectivity index (χ4v) is 3.87. The Morgan fingerprint density at radius 3 is 2.08 bits per heavy atom. The predicted octanol–water partition coefficient (Wildman–Crippen LogP) is 4.39. The summed E-state index contributed by atoms with van der Waals surface area (Å²) in [5, 5.41) is 0. The molecule has 0 N–H and O–H groups in total. The van der Waals surface area contributed by atoms with Gasteiger partial charge in [-0.1, -0.05) is 40.0 Å². The normalized spacial score (nSPS) is 43.2. The number of hydrogen-bond acceptors (Lipinski definition) is 0. The van der Waals surface area contributed by atoms with Crippen LogP contribution in [0.15, 0.2) is 0 Å². The average molecular weight is 180 g/mol. The first-order chi connectivity index (χ1) is 6.15. The third-order valence-electron chi connectivity index (χ3n) is 5.36. The molecule has 2 aliphatic rings. The van der Waals surface area contributed by atoms with Crippen molar-refractivity contribution in [3.8, 4) is 0 Å². The lowest BCUT2D eigenvalue weighted by Gasteiger charge is -2.43. The molecule has 0 aromatic carbocycles. The summed E-state index contributed by atoms with van der Waals surface area (Å²) >= 11 is 0. The summed E-state index contributed by atoms with van der Waals surface area (Å²) in [7, 11) is 0. The van der Waals surface area contributed by atoms with Crippen LogP contribution in [0.4, 0.5) is 0 Å². The van der Waals surface area contributed by atoms with E-state index in [0.717, 1.165) is 16.7 Å². The number of hydrogen-bond donors (Lipinski definition) is 0. The molecule has 2 saturated carbocycles. The second-order valence-electron chi connectivity index (χ2n) is 5.72. The summed E-state index contributed by atoms with van der Waals surface area (Å²) in [5.41, 5.74) is 1.47. The van der Waals surface area contributed by atoms with Crippen molar-refractivity contribution in [2.45, 2.75) is 65.7 Å². The van der Waals surface area contributed by atoms with Gasteiger partial charge in [0, 0.05) is 0 Å². The molecule has 0 spiro atoms. The molecule has 0 aliphatic heterocycles. The van der Waals surface area contributed by atoms with E-state index >= 15 is 0 Å². The van der Waals surface area contributed by atoms with Gasteiger partial charge in [0.1, 0.15) is 0 Å². The highest BCUT2D eigenvalue weighted by Gasteiger charge is 2.59. The van der Waals surface area contributed by atoms with Crippen LogP contribution in [-0.4, -0.2) is 0 Å². The summed E-state index contributed by atoms with van der Waals surface area (Å²) in [4.78, 5) is 0. The van der Waals surface area contributed by atoms with Crippen molar-refractivity contribution in [1.82, 2.24) is 0 Å². The van der Waals surface area contributed by atoms with E-state index in [2.05, 4.69) is 20.8 Å². The standard InChI is InChI=1S/C13H24/c1-4-13(8-6-5-7-9-13)12(3)10-11(12)2/h11H,4-10H2,1-3H3. The molecule has 13 heavy (non-hydrogen) atoms.